The molecule has 94 valence electrons. The number of aryl methyl sites for hydroxylation is 2. The van der Waals surface area contributed by atoms with Crippen molar-refractivity contribution in [1.29, 1.82) is 0 Å². The molecule has 1 heterocycles. The number of hydrogen-bond acceptors (Lipinski definition) is 2. The van der Waals surface area contributed by atoms with Gasteiger partial charge in [0.15, 0.2) is 0 Å². The van der Waals surface area contributed by atoms with Gasteiger partial charge in [0.1, 0.15) is 5.82 Å². The first-order valence-electron chi connectivity index (χ1n) is 6.14. The van der Waals surface area contributed by atoms with Gasteiger partial charge >= 0.3 is 0 Å². The predicted octanol–water partition coefficient (Wildman–Crippen LogP) is 4.33. The van der Waals surface area contributed by atoms with Crippen LogP contribution in [0.3, 0.4) is 0 Å². The summed E-state index contributed by atoms with van der Waals surface area (Å²) < 4.78 is 1.04. The van der Waals surface area contributed by atoms with E-state index >= 15 is 0 Å². The maximum absolute atomic E-state index is 4.46. The molecule has 2 nitrogen and oxygen atoms in total. The van der Waals surface area contributed by atoms with Gasteiger partial charge < -0.3 is 5.32 Å². The van der Waals surface area contributed by atoms with Crippen LogP contribution in [0, 0.1) is 6.92 Å². The van der Waals surface area contributed by atoms with Gasteiger partial charge in [-0.25, -0.2) is 4.98 Å². The van der Waals surface area contributed by atoms with E-state index in [4.69, 9.17) is 0 Å². The van der Waals surface area contributed by atoms with E-state index in [0.717, 1.165) is 29.0 Å². The lowest BCUT2D eigenvalue weighted by Gasteiger charge is -2.07. The lowest BCUT2D eigenvalue weighted by Crippen LogP contribution is -2.02. The lowest BCUT2D eigenvalue weighted by molar-refractivity contribution is 1.07. The molecule has 2 rings (SSSR count). The van der Waals surface area contributed by atoms with Gasteiger partial charge in [0.2, 0.25) is 0 Å². The van der Waals surface area contributed by atoms with Gasteiger partial charge in [0, 0.05) is 11.0 Å². The SMILES string of the molecule is CCc1ccc(CNc2ccc(Br)c(C)n2)cc1. The number of rotatable bonds is 4. The van der Waals surface area contributed by atoms with Crippen LogP contribution in [0.4, 0.5) is 5.82 Å². The Morgan fingerprint density at radius 2 is 1.72 bits per heavy atom. The Kier molecular flexibility index (Phi) is 4.37. The molecule has 0 aliphatic carbocycles. The average molecular weight is 305 g/mol. The largest absolute Gasteiger partial charge is 0.366 e. The fourth-order valence-corrected chi connectivity index (χ4v) is 1.95. The number of anilines is 1. The number of hydrogen-bond donors (Lipinski definition) is 1. The molecule has 0 unspecified atom stereocenters. The van der Waals surface area contributed by atoms with E-state index in [9.17, 15) is 0 Å². The summed E-state index contributed by atoms with van der Waals surface area (Å²) in [6.45, 7) is 4.96. The molecule has 0 bridgehead atoms. The number of nitrogens with one attached hydrogen (secondary N) is 1. The highest BCUT2D eigenvalue weighted by molar-refractivity contribution is 9.10. The Balaban J connectivity index is 1.99. The molecule has 18 heavy (non-hydrogen) atoms. The highest BCUT2D eigenvalue weighted by Gasteiger charge is 1.99. The number of nitrogens with zero attached hydrogens (tertiary/aromatic N) is 1. The number of aromatic nitrogens is 1. The quantitative estimate of drug-likeness (QED) is 0.909. The molecule has 0 amide bonds. The molecule has 0 atom stereocenters. The second kappa shape index (κ2) is 6.01. The van der Waals surface area contributed by atoms with Crippen LogP contribution in [0.5, 0.6) is 0 Å². The van der Waals surface area contributed by atoms with E-state index in [-0.39, 0.29) is 0 Å². The van der Waals surface area contributed by atoms with Gasteiger partial charge in [-0.2, -0.15) is 0 Å². The van der Waals surface area contributed by atoms with E-state index in [1.54, 1.807) is 0 Å². The number of halogens is 1. The highest BCUT2D eigenvalue weighted by Crippen LogP contribution is 2.16. The zero-order chi connectivity index (χ0) is 13.0. The maximum atomic E-state index is 4.46. The molecule has 1 N–H and O–H groups in total. The minimum Gasteiger partial charge on any atom is -0.366 e. The molecule has 1 aromatic carbocycles. The molecule has 2 aromatic rings. The Labute approximate surface area is 117 Å². The summed E-state index contributed by atoms with van der Waals surface area (Å²) in [4.78, 5) is 4.46. The van der Waals surface area contributed by atoms with Crippen LogP contribution in [-0.4, -0.2) is 4.98 Å². The Bertz CT molecular complexity index is 521. The summed E-state index contributed by atoms with van der Waals surface area (Å²) in [5, 5.41) is 3.33. The molecule has 0 saturated carbocycles. The number of benzene rings is 1. The van der Waals surface area contributed by atoms with Crippen molar-refractivity contribution in [2.45, 2.75) is 26.8 Å². The van der Waals surface area contributed by atoms with Crippen molar-refractivity contribution in [1.82, 2.24) is 4.98 Å². The van der Waals surface area contributed by atoms with Crippen LogP contribution < -0.4 is 5.32 Å². The summed E-state index contributed by atoms with van der Waals surface area (Å²) >= 11 is 3.45. The fraction of sp³-hybridized carbons (Fsp3) is 0.267. The van der Waals surface area contributed by atoms with Crippen LogP contribution in [0.1, 0.15) is 23.7 Å². The maximum Gasteiger partial charge on any atom is 0.126 e. The summed E-state index contributed by atoms with van der Waals surface area (Å²) in [6, 6.07) is 12.7. The van der Waals surface area contributed by atoms with Crippen LogP contribution in [0.25, 0.3) is 0 Å². The zero-order valence-corrected chi connectivity index (χ0v) is 12.3. The minimum absolute atomic E-state index is 0.804. The zero-order valence-electron chi connectivity index (χ0n) is 10.7. The Hall–Kier alpha value is -1.35. The third-order valence-electron chi connectivity index (χ3n) is 2.93. The highest BCUT2D eigenvalue weighted by atomic mass is 79.9. The van der Waals surface area contributed by atoms with Crippen molar-refractivity contribution >= 4 is 21.7 Å². The van der Waals surface area contributed by atoms with E-state index in [1.165, 1.54) is 11.1 Å². The third-order valence-corrected chi connectivity index (χ3v) is 3.76. The normalized spacial score (nSPS) is 10.4. The second-order valence-corrected chi connectivity index (χ2v) is 5.14. The van der Waals surface area contributed by atoms with Crippen LogP contribution in [0.2, 0.25) is 0 Å². The minimum atomic E-state index is 0.804. The first-order chi connectivity index (χ1) is 8.69. The molecule has 3 heteroatoms. The second-order valence-electron chi connectivity index (χ2n) is 4.29. The van der Waals surface area contributed by atoms with E-state index in [1.807, 2.05) is 19.1 Å². The molecule has 1 aromatic heterocycles. The molecule has 0 aliphatic rings. The van der Waals surface area contributed by atoms with Crippen molar-refractivity contribution < 1.29 is 0 Å². The first kappa shape index (κ1) is 13.1. The van der Waals surface area contributed by atoms with Crippen molar-refractivity contribution in [2.24, 2.45) is 0 Å². The van der Waals surface area contributed by atoms with E-state index in [2.05, 4.69) is 57.4 Å². The Morgan fingerprint density at radius 3 is 2.33 bits per heavy atom. The summed E-state index contributed by atoms with van der Waals surface area (Å²) in [5.74, 6) is 0.912. The molecular formula is C15H17BrN2. The molecule has 0 aliphatic heterocycles. The molecule has 0 saturated heterocycles. The lowest BCUT2D eigenvalue weighted by atomic mass is 10.1. The van der Waals surface area contributed by atoms with Gasteiger partial charge in [-0.15, -0.1) is 0 Å². The molecular weight excluding hydrogens is 288 g/mol. The number of pyridine rings is 1. The van der Waals surface area contributed by atoms with Gasteiger partial charge in [-0.05, 0) is 52.5 Å². The first-order valence-corrected chi connectivity index (χ1v) is 6.93. The van der Waals surface area contributed by atoms with Gasteiger partial charge in [0.25, 0.3) is 0 Å². The van der Waals surface area contributed by atoms with Crippen molar-refractivity contribution in [3.63, 3.8) is 0 Å². The van der Waals surface area contributed by atoms with Gasteiger partial charge in [0.05, 0.1) is 5.69 Å². The van der Waals surface area contributed by atoms with Crippen molar-refractivity contribution in [2.75, 3.05) is 5.32 Å². The predicted molar refractivity (Wildman–Crippen MR) is 79.8 cm³/mol. The van der Waals surface area contributed by atoms with E-state index < -0.39 is 0 Å². The third kappa shape index (κ3) is 3.33. The van der Waals surface area contributed by atoms with Gasteiger partial charge in [-0.1, -0.05) is 31.2 Å². The summed E-state index contributed by atoms with van der Waals surface area (Å²) in [7, 11) is 0. The smallest absolute Gasteiger partial charge is 0.126 e. The van der Waals surface area contributed by atoms with Crippen molar-refractivity contribution in [3.8, 4) is 0 Å². The van der Waals surface area contributed by atoms with E-state index in [0.29, 0.717) is 0 Å². The summed E-state index contributed by atoms with van der Waals surface area (Å²) in [5.41, 5.74) is 3.65. The van der Waals surface area contributed by atoms with Crippen LogP contribution in [0.15, 0.2) is 40.9 Å². The topological polar surface area (TPSA) is 24.9 Å². The van der Waals surface area contributed by atoms with Crippen molar-refractivity contribution in [3.05, 3.63) is 57.7 Å². The standard InChI is InChI=1S/C15H17BrN2/c1-3-12-4-6-13(7-5-12)10-17-15-9-8-14(16)11(2)18-15/h4-9H,3,10H2,1-2H3,(H,17,18). The molecule has 0 fully saturated rings. The van der Waals surface area contributed by atoms with Crippen LogP contribution in [-0.2, 0) is 13.0 Å². The molecule has 0 spiro atoms. The fourth-order valence-electron chi connectivity index (χ4n) is 1.73. The Morgan fingerprint density at radius 1 is 1.06 bits per heavy atom. The van der Waals surface area contributed by atoms with Crippen LogP contribution >= 0.6 is 15.9 Å². The average Bonchev–Trinajstić information content (AvgIpc) is 2.41. The monoisotopic (exact) mass is 304 g/mol. The summed E-state index contributed by atoms with van der Waals surface area (Å²) in [6.07, 6.45) is 1.08. The van der Waals surface area contributed by atoms with Gasteiger partial charge in [-0.3, -0.25) is 0 Å². The molecule has 0 radical (unpaired) electrons.